The Bertz CT molecular complexity index is 365. The van der Waals surface area contributed by atoms with Gasteiger partial charge in [0.05, 0.1) is 6.10 Å². The summed E-state index contributed by atoms with van der Waals surface area (Å²) in [6.45, 7) is 2.11. The van der Waals surface area contributed by atoms with Crippen molar-refractivity contribution in [2.75, 3.05) is 7.11 Å². The standard InChI is InChI=1S/C11H15BO3/c1-7-6-9-8(11(7)15-2)4-3-5-10(9)12(13)14/h3-5,7,11,13-14H,6H2,1-2H3/t7-,11+/m1/s1. The third kappa shape index (κ3) is 1.69. The fraction of sp³-hybridized carbons (Fsp3) is 0.455. The first-order valence-corrected chi connectivity index (χ1v) is 5.15. The quantitative estimate of drug-likeness (QED) is 0.681. The molecule has 0 saturated carbocycles. The highest BCUT2D eigenvalue weighted by Gasteiger charge is 2.32. The van der Waals surface area contributed by atoms with Crippen molar-refractivity contribution < 1.29 is 14.8 Å². The van der Waals surface area contributed by atoms with Gasteiger partial charge >= 0.3 is 7.12 Å². The van der Waals surface area contributed by atoms with Crippen LogP contribution in [-0.2, 0) is 11.2 Å². The Balaban J connectivity index is 2.47. The Kier molecular flexibility index (Phi) is 2.82. The first-order chi connectivity index (χ1) is 7.15. The van der Waals surface area contributed by atoms with Gasteiger partial charge in [-0.05, 0) is 28.9 Å². The molecule has 0 fully saturated rings. The van der Waals surface area contributed by atoms with Crippen LogP contribution in [0.3, 0.4) is 0 Å². The van der Waals surface area contributed by atoms with Gasteiger partial charge < -0.3 is 14.8 Å². The van der Waals surface area contributed by atoms with E-state index in [9.17, 15) is 10.0 Å². The van der Waals surface area contributed by atoms with Crippen LogP contribution in [0.4, 0.5) is 0 Å². The molecule has 4 heteroatoms. The summed E-state index contributed by atoms with van der Waals surface area (Å²) in [6.07, 6.45) is 0.931. The molecule has 0 spiro atoms. The maximum absolute atomic E-state index is 9.25. The fourth-order valence-corrected chi connectivity index (χ4v) is 2.46. The van der Waals surface area contributed by atoms with Gasteiger partial charge in [0.15, 0.2) is 0 Å². The molecule has 0 saturated heterocycles. The zero-order valence-electron chi connectivity index (χ0n) is 8.97. The smallest absolute Gasteiger partial charge is 0.423 e. The van der Waals surface area contributed by atoms with Gasteiger partial charge in [0.25, 0.3) is 0 Å². The molecule has 1 aliphatic carbocycles. The molecule has 2 atom stereocenters. The van der Waals surface area contributed by atoms with E-state index in [-0.39, 0.29) is 6.10 Å². The van der Waals surface area contributed by atoms with Crippen molar-refractivity contribution in [2.24, 2.45) is 5.92 Å². The number of benzene rings is 1. The minimum Gasteiger partial charge on any atom is -0.423 e. The lowest BCUT2D eigenvalue weighted by molar-refractivity contribution is 0.0695. The van der Waals surface area contributed by atoms with Crippen molar-refractivity contribution in [3.05, 3.63) is 29.3 Å². The van der Waals surface area contributed by atoms with E-state index in [4.69, 9.17) is 4.74 Å². The van der Waals surface area contributed by atoms with Crippen molar-refractivity contribution in [3.63, 3.8) is 0 Å². The van der Waals surface area contributed by atoms with E-state index in [1.165, 1.54) is 0 Å². The number of methoxy groups -OCH3 is 1. The Hall–Kier alpha value is -0.835. The Morgan fingerprint density at radius 1 is 1.40 bits per heavy atom. The fourth-order valence-electron chi connectivity index (χ4n) is 2.46. The minimum absolute atomic E-state index is 0.0821. The van der Waals surface area contributed by atoms with Gasteiger partial charge in [0.1, 0.15) is 0 Å². The summed E-state index contributed by atoms with van der Waals surface area (Å²) in [5, 5.41) is 18.5. The Labute approximate surface area is 89.8 Å². The molecule has 0 heterocycles. The molecule has 2 N–H and O–H groups in total. The highest BCUT2D eigenvalue weighted by atomic mass is 16.5. The highest BCUT2D eigenvalue weighted by Crippen LogP contribution is 2.37. The molecule has 0 unspecified atom stereocenters. The highest BCUT2D eigenvalue weighted by molar-refractivity contribution is 6.59. The van der Waals surface area contributed by atoms with Crippen LogP contribution >= 0.6 is 0 Å². The van der Waals surface area contributed by atoms with Crippen LogP contribution < -0.4 is 5.46 Å². The average molecular weight is 206 g/mol. The third-order valence-corrected chi connectivity index (χ3v) is 3.13. The SMILES string of the molecule is CO[C@@H]1c2cccc(B(O)O)c2C[C@H]1C. The molecule has 15 heavy (non-hydrogen) atoms. The summed E-state index contributed by atoms with van der Waals surface area (Å²) in [5.41, 5.74) is 2.74. The molecule has 0 amide bonds. The minimum atomic E-state index is -1.39. The van der Waals surface area contributed by atoms with Crippen LogP contribution in [0.15, 0.2) is 18.2 Å². The van der Waals surface area contributed by atoms with Crippen molar-refractivity contribution >= 4 is 12.6 Å². The Morgan fingerprint density at radius 3 is 2.73 bits per heavy atom. The van der Waals surface area contributed by atoms with Gasteiger partial charge in [-0.2, -0.15) is 0 Å². The monoisotopic (exact) mass is 206 g/mol. The number of ether oxygens (including phenoxy) is 1. The van der Waals surface area contributed by atoms with E-state index in [1.54, 1.807) is 13.2 Å². The second-order valence-electron chi connectivity index (χ2n) is 4.13. The van der Waals surface area contributed by atoms with Crippen LogP contribution in [-0.4, -0.2) is 24.3 Å². The van der Waals surface area contributed by atoms with Crippen LogP contribution in [0, 0.1) is 5.92 Å². The summed E-state index contributed by atoms with van der Waals surface area (Å²) in [7, 11) is 0.306. The van der Waals surface area contributed by atoms with E-state index >= 15 is 0 Å². The van der Waals surface area contributed by atoms with Gasteiger partial charge in [-0.3, -0.25) is 0 Å². The summed E-state index contributed by atoms with van der Waals surface area (Å²) >= 11 is 0. The lowest BCUT2D eigenvalue weighted by atomic mass is 9.76. The van der Waals surface area contributed by atoms with Crippen molar-refractivity contribution in [1.29, 1.82) is 0 Å². The normalized spacial score (nSPS) is 24.0. The molecule has 2 rings (SSSR count). The van der Waals surface area contributed by atoms with Crippen LogP contribution in [0.1, 0.15) is 24.2 Å². The molecule has 80 valence electrons. The van der Waals surface area contributed by atoms with Crippen molar-refractivity contribution in [1.82, 2.24) is 0 Å². The van der Waals surface area contributed by atoms with Crippen LogP contribution in [0.5, 0.6) is 0 Å². The zero-order valence-corrected chi connectivity index (χ0v) is 8.97. The second kappa shape index (κ2) is 3.97. The van der Waals surface area contributed by atoms with Gasteiger partial charge in [0.2, 0.25) is 0 Å². The predicted molar refractivity (Wildman–Crippen MR) is 58.9 cm³/mol. The molecular formula is C11H15BO3. The van der Waals surface area contributed by atoms with Gasteiger partial charge in [0, 0.05) is 7.11 Å². The van der Waals surface area contributed by atoms with E-state index in [1.807, 2.05) is 12.1 Å². The molecule has 0 radical (unpaired) electrons. The lowest BCUT2D eigenvalue weighted by Gasteiger charge is -2.14. The van der Waals surface area contributed by atoms with Crippen LogP contribution in [0.2, 0.25) is 0 Å². The predicted octanol–water partition coefficient (Wildman–Crippen LogP) is 0.246. The summed E-state index contributed by atoms with van der Waals surface area (Å²) < 4.78 is 5.42. The van der Waals surface area contributed by atoms with Gasteiger partial charge in [-0.15, -0.1) is 0 Å². The zero-order chi connectivity index (χ0) is 11.0. The van der Waals surface area contributed by atoms with E-state index in [2.05, 4.69) is 6.92 Å². The number of hydrogen-bond acceptors (Lipinski definition) is 3. The summed E-state index contributed by atoms with van der Waals surface area (Å²) in [6, 6.07) is 5.60. The van der Waals surface area contributed by atoms with Gasteiger partial charge in [-0.25, -0.2) is 0 Å². The van der Waals surface area contributed by atoms with Crippen LogP contribution in [0.25, 0.3) is 0 Å². The average Bonchev–Trinajstić information content (AvgIpc) is 2.52. The topological polar surface area (TPSA) is 49.7 Å². The maximum atomic E-state index is 9.25. The van der Waals surface area contributed by atoms with Crippen molar-refractivity contribution in [2.45, 2.75) is 19.4 Å². The number of fused-ring (bicyclic) bond motifs is 1. The summed E-state index contributed by atoms with van der Waals surface area (Å²) in [4.78, 5) is 0. The summed E-state index contributed by atoms with van der Waals surface area (Å²) in [5.74, 6) is 0.393. The third-order valence-electron chi connectivity index (χ3n) is 3.13. The van der Waals surface area contributed by atoms with Gasteiger partial charge in [-0.1, -0.05) is 25.1 Å². The maximum Gasteiger partial charge on any atom is 0.488 e. The second-order valence-corrected chi connectivity index (χ2v) is 4.13. The van der Waals surface area contributed by atoms with E-state index in [0.29, 0.717) is 11.4 Å². The van der Waals surface area contributed by atoms with E-state index < -0.39 is 7.12 Å². The first kappa shape index (κ1) is 10.7. The van der Waals surface area contributed by atoms with Crippen molar-refractivity contribution in [3.8, 4) is 0 Å². The molecule has 1 aromatic carbocycles. The number of rotatable bonds is 2. The van der Waals surface area contributed by atoms with E-state index in [0.717, 1.165) is 17.5 Å². The molecular weight excluding hydrogens is 191 g/mol. The molecule has 3 nitrogen and oxygen atoms in total. The first-order valence-electron chi connectivity index (χ1n) is 5.15. The largest absolute Gasteiger partial charge is 0.488 e. The molecule has 0 bridgehead atoms. The molecule has 1 aliphatic rings. The molecule has 0 aliphatic heterocycles. The molecule has 1 aromatic rings. The molecule has 0 aromatic heterocycles. The lowest BCUT2D eigenvalue weighted by Crippen LogP contribution is -2.33. The number of hydrogen-bond donors (Lipinski definition) is 2. The Morgan fingerprint density at radius 2 is 2.13 bits per heavy atom.